The third-order valence-electron chi connectivity index (χ3n) is 11.4. The zero-order chi connectivity index (χ0) is 36.6. The Morgan fingerprint density at radius 2 is 1.49 bits per heavy atom. The Morgan fingerprint density at radius 3 is 2.02 bits per heavy atom. The van der Waals surface area contributed by atoms with Gasteiger partial charge in [-0.1, -0.05) is 143 Å². The lowest BCUT2D eigenvalue weighted by molar-refractivity contribution is -0.158. The van der Waals surface area contributed by atoms with Gasteiger partial charge in [0.05, 0.1) is 37.1 Å². The van der Waals surface area contributed by atoms with Gasteiger partial charge in [-0.15, -0.1) is 0 Å². The van der Waals surface area contributed by atoms with Crippen LogP contribution in [-0.2, 0) is 18.8 Å². The molecule has 1 aliphatic carbocycles. The average molecular weight is 743 g/mol. The second kappa shape index (κ2) is 14.9. The van der Waals surface area contributed by atoms with E-state index < -0.39 is 13.7 Å². The van der Waals surface area contributed by atoms with E-state index in [0.29, 0.717) is 35.9 Å². The van der Waals surface area contributed by atoms with Crippen LogP contribution in [0.3, 0.4) is 0 Å². The van der Waals surface area contributed by atoms with Gasteiger partial charge < -0.3 is 14.1 Å². The molecule has 1 saturated carbocycles. The van der Waals surface area contributed by atoms with Gasteiger partial charge in [0.15, 0.2) is 0 Å². The predicted molar refractivity (Wildman–Crippen MR) is 209 cm³/mol. The molecule has 1 aliphatic heterocycles. The standard InChI is InChI=1S/C43H49Cl2NO4Si/c1-7-33(28-50-51(42(2,3)4,34-17-10-8-11-18-34)35-19-12-9-13-20-35)46-39(29-21-23-31(44)24-22-29)37(30-15-14-16-32(45)25-30)27-43(5,41(46)48)38-26-36(38)40(47)49-6/h8-25,33,36-39H,7,26-28H2,1-6H3. The van der Waals surface area contributed by atoms with Gasteiger partial charge in [-0.3, -0.25) is 9.59 Å². The van der Waals surface area contributed by atoms with Gasteiger partial charge >= 0.3 is 5.97 Å². The van der Waals surface area contributed by atoms with E-state index in [9.17, 15) is 4.79 Å². The van der Waals surface area contributed by atoms with Crippen LogP contribution in [0.15, 0.2) is 109 Å². The Kier molecular flexibility index (Phi) is 10.9. The highest BCUT2D eigenvalue weighted by Crippen LogP contribution is 2.61. The number of likely N-dealkylation sites (tertiary alicyclic amines) is 1. The lowest BCUT2D eigenvalue weighted by Crippen LogP contribution is -2.68. The number of halogens is 2. The first-order valence-corrected chi connectivity index (χ1v) is 20.7. The minimum atomic E-state index is -2.92. The highest BCUT2D eigenvalue weighted by molar-refractivity contribution is 6.99. The van der Waals surface area contributed by atoms with Crippen molar-refractivity contribution in [3.05, 3.63) is 130 Å². The molecule has 2 aliphatic rings. The van der Waals surface area contributed by atoms with Gasteiger partial charge in [-0.25, -0.2) is 0 Å². The Bertz CT molecular complexity index is 1790. The molecule has 51 heavy (non-hydrogen) atoms. The summed E-state index contributed by atoms with van der Waals surface area (Å²) in [4.78, 5) is 30.4. The van der Waals surface area contributed by atoms with Gasteiger partial charge in [-0.2, -0.15) is 0 Å². The van der Waals surface area contributed by atoms with Gasteiger partial charge in [0.25, 0.3) is 8.32 Å². The number of rotatable bonds is 11. The second-order valence-electron chi connectivity index (χ2n) is 15.5. The molecular formula is C43H49Cl2NO4Si. The maximum absolute atomic E-state index is 15.4. The number of benzene rings is 4. The molecule has 6 rings (SSSR count). The molecular weight excluding hydrogens is 693 g/mol. The van der Waals surface area contributed by atoms with Crippen LogP contribution in [0.25, 0.3) is 0 Å². The average Bonchev–Trinajstić information content (AvgIpc) is 3.94. The summed E-state index contributed by atoms with van der Waals surface area (Å²) < 4.78 is 12.7. The molecule has 0 aromatic heterocycles. The minimum Gasteiger partial charge on any atom is -0.469 e. The Labute approximate surface area is 314 Å². The van der Waals surface area contributed by atoms with E-state index in [1.54, 1.807) is 0 Å². The molecule has 6 unspecified atom stereocenters. The SMILES string of the molecule is CCC(CO[Si](c1ccccc1)(c1ccccc1)C(C)(C)C)N1C(=O)C(C)(C2CC2C(=O)OC)CC(c2cccc(Cl)c2)C1c1ccc(Cl)cc1. The van der Waals surface area contributed by atoms with Crippen molar-refractivity contribution < 1.29 is 18.8 Å². The zero-order valence-corrected chi connectivity index (χ0v) is 33.0. The topological polar surface area (TPSA) is 55.8 Å². The van der Waals surface area contributed by atoms with E-state index in [1.807, 2.05) is 54.6 Å². The van der Waals surface area contributed by atoms with Gasteiger partial charge in [0.1, 0.15) is 0 Å². The Hall–Kier alpha value is -3.42. The van der Waals surface area contributed by atoms with Crippen LogP contribution >= 0.6 is 23.2 Å². The highest BCUT2D eigenvalue weighted by Gasteiger charge is 2.63. The predicted octanol–water partition coefficient (Wildman–Crippen LogP) is 9.22. The molecule has 4 aromatic rings. The summed E-state index contributed by atoms with van der Waals surface area (Å²) in [6.07, 6.45) is 1.88. The molecule has 0 radical (unpaired) electrons. The smallest absolute Gasteiger partial charge is 0.308 e. The normalized spacial score (nSPS) is 24.2. The molecule has 5 nitrogen and oxygen atoms in total. The first-order valence-electron chi connectivity index (χ1n) is 18.0. The van der Waals surface area contributed by atoms with E-state index in [-0.39, 0.29) is 46.8 Å². The lowest BCUT2D eigenvalue weighted by atomic mass is 9.65. The van der Waals surface area contributed by atoms with Crippen LogP contribution in [0.1, 0.15) is 77.0 Å². The maximum Gasteiger partial charge on any atom is 0.308 e. The number of esters is 1. The number of ether oxygens (including phenoxy) is 1. The third kappa shape index (κ3) is 7.05. The fourth-order valence-electron chi connectivity index (χ4n) is 8.75. The monoisotopic (exact) mass is 741 g/mol. The summed E-state index contributed by atoms with van der Waals surface area (Å²) in [7, 11) is -1.49. The van der Waals surface area contributed by atoms with Gasteiger partial charge in [-0.05, 0) is 76.0 Å². The quantitative estimate of drug-likeness (QED) is 0.114. The van der Waals surface area contributed by atoms with E-state index in [4.69, 9.17) is 32.4 Å². The van der Waals surface area contributed by atoms with E-state index >= 15 is 4.79 Å². The number of piperidine rings is 1. The molecule has 0 N–H and O–H groups in total. The van der Waals surface area contributed by atoms with Crippen molar-refractivity contribution in [2.24, 2.45) is 17.3 Å². The molecule has 1 saturated heterocycles. The fraction of sp³-hybridized carbons (Fsp3) is 0.395. The summed E-state index contributed by atoms with van der Waals surface area (Å²) in [5.41, 5.74) is 1.26. The molecule has 0 bridgehead atoms. The number of hydrogen-bond donors (Lipinski definition) is 0. The van der Waals surface area contributed by atoms with Gasteiger partial charge in [0, 0.05) is 16.0 Å². The Balaban J connectivity index is 1.50. The third-order valence-corrected chi connectivity index (χ3v) is 16.9. The number of carbonyl (C=O) groups is 2. The van der Waals surface area contributed by atoms with Crippen molar-refractivity contribution in [3.8, 4) is 0 Å². The van der Waals surface area contributed by atoms with Crippen LogP contribution < -0.4 is 10.4 Å². The number of methoxy groups -OCH3 is 1. The molecule has 0 spiro atoms. The lowest BCUT2D eigenvalue weighted by Gasteiger charge is -2.53. The number of nitrogens with zero attached hydrogens (tertiary/aromatic N) is 1. The number of hydrogen-bond acceptors (Lipinski definition) is 4. The van der Waals surface area contributed by atoms with E-state index in [2.05, 4.69) is 94.1 Å². The van der Waals surface area contributed by atoms with Crippen molar-refractivity contribution in [2.45, 2.75) is 76.9 Å². The molecule has 1 heterocycles. The molecule has 8 heteroatoms. The first kappa shape index (κ1) is 37.3. The van der Waals surface area contributed by atoms with Crippen molar-refractivity contribution in [2.75, 3.05) is 13.7 Å². The molecule has 6 atom stereocenters. The van der Waals surface area contributed by atoms with E-state index in [1.165, 1.54) is 17.5 Å². The van der Waals surface area contributed by atoms with Crippen LogP contribution in [-0.4, -0.2) is 44.9 Å². The minimum absolute atomic E-state index is 0.0510. The van der Waals surface area contributed by atoms with Gasteiger partial charge in [0.2, 0.25) is 5.91 Å². The summed E-state index contributed by atoms with van der Waals surface area (Å²) in [5.74, 6) is -0.723. The largest absolute Gasteiger partial charge is 0.469 e. The van der Waals surface area contributed by atoms with Crippen LogP contribution in [0.5, 0.6) is 0 Å². The van der Waals surface area contributed by atoms with Crippen molar-refractivity contribution in [3.63, 3.8) is 0 Å². The Morgan fingerprint density at radius 1 is 0.882 bits per heavy atom. The number of carbonyl (C=O) groups excluding carboxylic acids is 2. The summed E-state index contributed by atoms with van der Waals surface area (Å²) >= 11 is 13.1. The van der Waals surface area contributed by atoms with Crippen molar-refractivity contribution >= 4 is 53.8 Å². The first-order chi connectivity index (χ1) is 24.4. The summed E-state index contributed by atoms with van der Waals surface area (Å²) in [5, 5.41) is 3.44. The van der Waals surface area contributed by atoms with Crippen LogP contribution in [0, 0.1) is 17.3 Å². The highest BCUT2D eigenvalue weighted by atomic mass is 35.5. The maximum atomic E-state index is 15.4. The summed E-state index contributed by atoms with van der Waals surface area (Å²) in [6, 6.07) is 36.5. The van der Waals surface area contributed by atoms with Crippen LogP contribution in [0.2, 0.25) is 15.1 Å². The molecule has 268 valence electrons. The van der Waals surface area contributed by atoms with Crippen molar-refractivity contribution in [1.82, 2.24) is 4.90 Å². The fourth-order valence-corrected chi connectivity index (χ4v) is 13.7. The summed E-state index contributed by atoms with van der Waals surface area (Å²) in [6.45, 7) is 11.4. The number of amides is 1. The van der Waals surface area contributed by atoms with Crippen molar-refractivity contribution in [1.29, 1.82) is 0 Å². The second-order valence-corrected chi connectivity index (χ2v) is 20.7. The molecule has 2 fully saturated rings. The van der Waals surface area contributed by atoms with E-state index in [0.717, 1.165) is 11.1 Å². The molecule has 4 aromatic carbocycles. The molecule has 1 amide bonds. The zero-order valence-electron chi connectivity index (χ0n) is 30.4. The van der Waals surface area contributed by atoms with Crippen LogP contribution in [0.4, 0.5) is 0 Å².